The highest BCUT2D eigenvalue weighted by atomic mass is 32.2. The molecule has 4 unspecified atom stereocenters. The molecule has 290 valence electrons. The first-order valence-electron chi connectivity index (χ1n) is 19.3. The number of anilines is 1. The van der Waals surface area contributed by atoms with Crippen molar-refractivity contribution in [1.82, 2.24) is 14.9 Å². The Morgan fingerprint density at radius 2 is 1.46 bits per heavy atom. The summed E-state index contributed by atoms with van der Waals surface area (Å²) in [5.41, 5.74) is 6.08. The Bertz CT molecular complexity index is 2210. The third-order valence-corrected chi connectivity index (χ3v) is 13.0. The number of hydrogen-bond donors (Lipinski definition) is 3. The molecule has 0 aromatic heterocycles. The van der Waals surface area contributed by atoms with Crippen LogP contribution in [0.25, 0.3) is 11.1 Å². The molecule has 11 heteroatoms. The molecule has 5 aromatic carbocycles. The van der Waals surface area contributed by atoms with Crippen LogP contribution in [-0.2, 0) is 37.4 Å². The maximum absolute atomic E-state index is 13.3. The van der Waals surface area contributed by atoms with E-state index < -0.39 is 21.9 Å². The van der Waals surface area contributed by atoms with Gasteiger partial charge in [-0.1, -0.05) is 110 Å². The van der Waals surface area contributed by atoms with E-state index in [0.29, 0.717) is 13.2 Å². The SMILES string of the molecule is CC1C(CN2CCC3(CC2)C(=O)NCN3c2ccccc2)OC(c2ccc(-c3cccc(CNS(=O)(=O)c4ccccc4)c3)cc2)OC1c1ccc(CO)cc1. The van der Waals surface area contributed by atoms with Crippen LogP contribution >= 0.6 is 0 Å². The monoisotopic (exact) mass is 772 g/mol. The van der Waals surface area contributed by atoms with Crippen molar-refractivity contribution in [2.75, 3.05) is 31.2 Å². The highest BCUT2D eigenvalue weighted by molar-refractivity contribution is 7.89. The van der Waals surface area contributed by atoms with Crippen molar-refractivity contribution < 1.29 is 27.8 Å². The van der Waals surface area contributed by atoms with Crippen molar-refractivity contribution in [3.05, 3.63) is 156 Å². The summed E-state index contributed by atoms with van der Waals surface area (Å²) in [5, 5.41) is 12.8. The normalized spacial score (nSPS) is 22.6. The lowest BCUT2D eigenvalue weighted by molar-refractivity contribution is -0.276. The molecule has 3 aliphatic heterocycles. The second kappa shape index (κ2) is 16.3. The van der Waals surface area contributed by atoms with E-state index in [1.54, 1.807) is 30.3 Å². The number of benzene rings is 5. The number of rotatable bonds is 11. The number of hydrogen-bond acceptors (Lipinski definition) is 8. The van der Waals surface area contributed by atoms with Crippen molar-refractivity contribution in [3.63, 3.8) is 0 Å². The summed E-state index contributed by atoms with van der Waals surface area (Å²) >= 11 is 0. The number of ether oxygens (including phenoxy) is 2. The molecule has 3 heterocycles. The fraction of sp³-hybridized carbons (Fsp3) is 0.311. The summed E-state index contributed by atoms with van der Waals surface area (Å²) < 4.78 is 41.9. The van der Waals surface area contributed by atoms with Gasteiger partial charge in [0, 0.05) is 43.3 Å². The van der Waals surface area contributed by atoms with Gasteiger partial charge in [0.2, 0.25) is 15.9 Å². The Hall–Kier alpha value is -4.88. The molecule has 1 amide bonds. The molecule has 1 spiro atoms. The topological polar surface area (TPSA) is 120 Å². The lowest BCUT2D eigenvalue weighted by Gasteiger charge is -2.46. The maximum atomic E-state index is 13.3. The smallest absolute Gasteiger partial charge is 0.247 e. The Labute approximate surface area is 329 Å². The first-order chi connectivity index (χ1) is 27.2. The Morgan fingerprint density at radius 3 is 2.16 bits per heavy atom. The van der Waals surface area contributed by atoms with Gasteiger partial charge < -0.3 is 29.7 Å². The van der Waals surface area contributed by atoms with Crippen LogP contribution in [-0.4, -0.2) is 62.3 Å². The molecule has 3 saturated heterocycles. The molecule has 0 bridgehead atoms. The van der Waals surface area contributed by atoms with Crippen LogP contribution in [0.3, 0.4) is 0 Å². The minimum absolute atomic E-state index is 0.0234. The van der Waals surface area contributed by atoms with E-state index in [1.807, 2.05) is 91.0 Å². The summed E-state index contributed by atoms with van der Waals surface area (Å²) in [7, 11) is -3.63. The summed E-state index contributed by atoms with van der Waals surface area (Å²) in [5.74, 6) is 0.130. The van der Waals surface area contributed by atoms with Crippen molar-refractivity contribution in [3.8, 4) is 11.1 Å². The van der Waals surface area contributed by atoms with Crippen LogP contribution in [0, 0.1) is 5.92 Å². The molecule has 8 rings (SSSR count). The number of nitrogens with one attached hydrogen (secondary N) is 2. The van der Waals surface area contributed by atoms with Crippen LogP contribution in [0.1, 0.15) is 54.4 Å². The largest absolute Gasteiger partial charge is 0.392 e. The van der Waals surface area contributed by atoms with Gasteiger partial charge in [-0.2, -0.15) is 0 Å². The molecule has 56 heavy (non-hydrogen) atoms. The number of amides is 1. The zero-order valence-corrected chi connectivity index (χ0v) is 32.3. The molecule has 4 atom stereocenters. The average molecular weight is 773 g/mol. The molecular weight excluding hydrogens is 725 g/mol. The molecule has 0 radical (unpaired) electrons. The Morgan fingerprint density at radius 1 is 0.786 bits per heavy atom. The van der Waals surface area contributed by atoms with Gasteiger partial charge in [0.15, 0.2) is 6.29 Å². The van der Waals surface area contributed by atoms with Gasteiger partial charge in [0.1, 0.15) is 5.54 Å². The molecular formula is C45H48N4O6S. The van der Waals surface area contributed by atoms with E-state index in [1.165, 1.54) is 0 Å². The first kappa shape index (κ1) is 38.0. The van der Waals surface area contributed by atoms with Crippen LogP contribution in [0.5, 0.6) is 0 Å². The summed E-state index contributed by atoms with van der Waals surface area (Å²) in [6, 6.07) is 42.5. The third kappa shape index (κ3) is 7.88. The molecule has 10 nitrogen and oxygen atoms in total. The minimum Gasteiger partial charge on any atom is -0.392 e. The Balaban J connectivity index is 0.979. The van der Waals surface area contributed by atoms with Crippen molar-refractivity contribution in [2.24, 2.45) is 5.92 Å². The van der Waals surface area contributed by atoms with Gasteiger partial charge >= 0.3 is 0 Å². The van der Waals surface area contributed by atoms with Gasteiger partial charge in [-0.3, -0.25) is 4.79 Å². The quantitative estimate of drug-likeness (QED) is 0.139. The van der Waals surface area contributed by atoms with E-state index in [2.05, 4.69) is 38.9 Å². The average Bonchev–Trinajstić information content (AvgIpc) is 3.56. The van der Waals surface area contributed by atoms with Crippen LogP contribution in [0.15, 0.2) is 138 Å². The number of piperidine rings is 1. The van der Waals surface area contributed by atoms with E-state index in [0.717, 1.165) is 65.0 Å². The van der Waals surface area contributed by atoms with Gasteiger partial charge in [-0.15, -0.1) is 0 Å². The summed E-state index contributed by atoms with van der Waals surface area (Å²) in [4.78, 5) is 18.2. The summed E-state index contributed by atoms with van der Waals surface area (Å²) in [6.07, 6.45) is 0.443. The number of aliphatic hydroxyl groups excluding tert-OH is 1. The first-order valence-corrected chi connectivity index (χ1v) is 20.8. The van der Waals surface area contributed by atoms with E-state index in [4.69, 9.17) is 9.47 Å². The Kier molecular flexibility index (Phi) is 11.1. The number of carbonyl (C=O) groups is 1. The molecule has 5 aromatic rings. The zero-order chi connectivity index (χ0) is 38.7. The minimum atomic E-state index is -3.63. The van der Waals surface area contributed by atoms with Crippen LogP contribution < -0.4 is 14.9 Å². The van der Waals surface area contributed by atoms with Crippen molar-refractivity contribution >= 4 is 21.6 Å². The lowest BCUT2D eigenvalue weighted by atomic mass is 9.84. The third-order valence-electron chi connectivity index (χ3n) is 11.6. The number of likely N-dealkylation sites (tertiary alicyclic amines) is 1. The fourth-order valence-electron chi connectivity index (χ4n) is 8.28. The van der Waals surface area contributed by atoms with Crippen molar-refractivity contribution in [2.45, 2.75) is 61.8 Å². The van der Waals surface area contributed by atoms with Gasteiger partial charge in [-0.05, 0) is 71.0 Å². The molecule has 0 saturated carbocycles. The number of aliphatic hydroxyl groups is 1. The van der Waals surface area contributed by atoms with Crippen LogP contribution in [0.4, 0.5) is 5.69 Å². The lowest BCUT2D eigenvalue weighted by Crippen LogP contribution is -2.57. The second-order valence-corrected chi connectivity index (χ2v) is 16.8. The maximum Gasteiger partial charge on any atom is 0.247 e. The highest BCUT2D eigenvalue weighted by Gasteiger charge is 2.51. The molecule has 3 fully saturated rings. The van der Waals surface area contributed by atoms with Gasteiger partial charge in [0.25, 0.3) is 0 Å². The van der Waals surface area contributed by atoms with Crippen LogP contribution in [0.2, 0.25) is 0 Å². The molecule has 0 aliphatic carbocycles. The number of carbonyl (C=O) groups excluding carboxylic acids is 1. The van der Waals surface area contributed by atoms with Gasteiger partial charge in [-0.25, -0.2) is 13.1 Å². The zero-order valence-electron chi connectivity index (χ0n) is 31.5. The summed E-state index contributed by atoms with van der Waals surface area (Å²) in [6.45, 7) is 5.08. The fourth-order valence-corrected chi connectivity index (χ4v) is 9.31. The second-order valence-electron chi connectivity index (χ2n) is 15.0. The molecule has 3 N–H and O–H groups in total. The van der Waals surface area contributed by atoms with Crippen molar-refractivity contribution in [1.29, 1.82) is 0 Å². The predicted octanol–water partition coefficient (Wildman–Crippen LogP) is 6.54. The number of para-hydroxylation sites is 1. The number of nitrogens with zero attached hydrogens (tertiary/aromatic N) is 2. The van der Waals surface area contributed by atoms with E-state index >= 15 is 0 Å². The number of sulfonamides is 1. The highest BCUT2D eigenvalue weighted by Crippen LogP contribution is 2.43. The standard InChI is InChI=1S/C45H48N4O6S/c1-32-41(29-48-25-23-45(24-26-48)44(51)46-31-49(45)39-11-4-2-5-12-39)54-43(55-42(32)36-17-15-33(30-50)16-18-36)37-21-19-35(20-22-37)38-10-8-9-34(27-38)28-47-56(52,53)40-13-6-3-7-14-40/h2-22,27,32,41-43,47,50H,23-26,28-31H2,1H3,(H,46,51). The van der Waals surface area contributed by atoms with Gasteiger partial charge in [0.05, 0.1) is 30.4 Å². The molecule has 3 aliphatic rings. The van der Waals surface area contributed by atoms with E-state index in [-0.39, 0.29) is 42.1 Å². The van der Waals surface area contributed by atoms with E-state index in [9.17, 15) is 18.3 Å². The predicted molar refractivity (Wildman–Crippen MR) is 216 cm³/mol.